The lowest BCUT2D eigenvalue weighted by molar-refractivity contribution is -0.131. The number of tetrazole rings is 1. The van der Waals surface area contributed by atoms with Gasteiger partial charge in [-0.25, -0.2) is 0 Å². The SMILES string of the molecule is CC(C)(C)n1nnc(CN(CC2OCCc3ccccc32)C(=O)CCl)n1. The van der Waals surface area contributed by atoms with E-state index in [1.165, 1.54) is 5.56 Å². The van der Waals surface area contributed by atoms with Crippen molar-refractivity contribution in [1.82, 2.24) is 25.1 Å². The molecular weight excluding hydrogens is 354 g/mol. The van der Waals surface area contributed by atoms with Crippen LogP contribution in [0.3, 0.4) is 0 Å². The van der Waals surface area contributed by atoms with Crippen LogP contribution < -0.4 is 0 Å². The molecule has 1 aromatic carbocycles. The molecule has 0 saturated carbocycles. The fraction of sp³-hybridized carbons (Fsp3) is 0.556. The predicted molar refractivity (Wildman–Crippen MR) is 97.8 cm³/mol. The van der Waals surface area contributed by atoms with Crippen molar-refractivity contribution in [3.05, 3.63) is 41.2 Å². The Morgan fingerprint density at radius 1 is 1.38 bits per heavy atom. The Kier molecular flexibility index (Phi) is 5.58. The monoisotopic (exact) mass is 377 g/mol. The number of carbonyl (C=O) groups is 1. The molecule has 8 heteroatoms. The third kappa shape index (κ3) is 4.22. The fourth-order valence-corrected chi connectivity index (χ4v) is 3.10. The lowest BCUT2D eigenvalue weighted by atomic mass is 9.97. The molecule has 1 aromatic heterocycles. The Labute approximate surface area is 158 Å². The van der Waals surface area contributed by atoms with Crippen molar-refractivity contribution in [3.63, 3.8) is 0 Å². The summed E-state index contributed by atoms with van der Waals surface area (Å²) in [5.41, 5.74) is 2.12. The van der Waals surface area contributed by atoms with E-state index in [2.05, 4.69) is 27.5 Å². The molecule has 1 amide bonds. The van der Waals surface area contributed by atoms with Gasteiger partial charge in [0.1, 0.15) is 12.0 Å². The summed E-state index contributed by atoms with van der Waals surface area (Å²) in [6, 6.07) is 8.17. The van der Waals surface area contributed by atoms with Crippen LogP contribution in [0.15, 0.2) is 24.3 Å². The zero-order valence-corrected chi connectivity index (χ0v) is 16.1. The quantitative estimate of drug-likeness (QED) is 0.747. The van der Waals surface area contributed by atoms with Crippen LogP contribution in [0, 0.1) is 0 Å². The van der Waals surface area contributed by atoms with Gasteiger partial charge in [-0.3, -0.25) is 4.79 Å². The average molecular weight is 378 g/mol. The summed E-state index contributed by atoms with van der Waals surface area (Å²) in [6.07, 6.45) is 0.710. The first-order valence-corrected chi connectivity index (χ1v) is 9.24. The molecule has 0 saturated heterocycles. The maximum Gasteiger partial charge on any atom is 0.238 e. The minimum atomic E-state index is -0.266. The van der Waals surface area contributed by atoms with Gasteiger partial charge < -0.3 is 9.64 Å². The summed E-state index contributed by atoms with van der Waals surface area (Å²) in [5, 5.41) is 12.6. The normalized spacial score (nSPS) is 17.0. The van der Waals surface area contributed by atoms with E-state index in [1.807, 2.05) is 32.9 Å². The molecule has 1 atom stereocenters. The number of hydrogen-bond donors (Lipinski definition) is 0. The summed E-state index contributed by atoms with van der Waals surface area (Å²) in [5.74, 6) is 0.217. The van der Waals surface area contributed by atoms with Crippen LogP contribution in [-0.4, -0.2) is 50.0 Å². The largest absolute Gasteiger partial charge is 0.371 e. The zero-order valence-electron chi connectivity index (χ0n) is 15.4. The molecule has 2 aromatic rings. The highest BCUT2D eigenvalue weighted by molar-refractivity contribution is 6.27. The number of nitrogens with zero attached hydrogens (tertiary/aromatic N) is 5. The molecule has 1 aliphatic rings. The second kappa shape index (κ2) is 7.72. The lowest BCUT2D eigenvalue weighted by Crippen LogP contribution is -2.37. The number of ether oxygens (including phenoxy) is 1. The highest BCUT2D eigenvalue weighted by Crippen LogP contribution is 2.28. The first-order chi connectivity index (χ1) is 12.4. The Morgan fingerprint density at radius 2 is 2.15 bits per heavy atom. The molecule has 0 fully saturated rings. The van der Waals surface area contributed by atoms with Crippen LogP contribution in [0.5, 0.6) is 0 Å². The molecule has 26 heavy (non-hydrogen) atoms. The summed E-state index contributed by atoms with van der Waals surface area (Å²) in [7, 11) is 0. The van der Waals surface area contributed by atoms with Gasteiger partial charge in [-0.1, -0.05) is 24.3 Å². The average Bonchev–Trinajstić information content (AvgIpc) is 3.10. The van der Waals surface area contributed by atoms with Crippen molar-refractivity contribution in [2.24, 2.45) is 0 Å². The van der Waals surface area contributed by atoms with E-state index in [0.29, 0.717) is 19.0 Å². The molecule has 1 aliphatic heterocycles. The fourth-order valence-electron chi connectivity index (χ4n) is 2.93. The van der Waals surface area contributed by atoms with Crippen LogP contribution in [0.4, 0.5) is 0 Å². The molecular formula is C18H24ClN5O2. The molecule has 1 unspecified atom stereocenters. The highest BCUT2D eigenvalue weighted by Gasteiger charge is 2.26. The topological polar surface area (TPSA) is 73.1 Å². The Hall–Kier alpha value is -1.99. The third-order valence-electron chi connectivity index (χ3n) is 4.33. The van der Waals surface area contributed by atoms with E-state index >= 15 is 0 Å². The van der Waals surface area contributed by atoms with Crippen LogP contribution in [0.1, 0.15) is 43.8 Å². The van der Waals surface area contributed by atoms with Crippen LogP contribution in [0.2, 0.25) is 0 Å². The van der Waals surface area contributed by atoms with Crippen molar-refractivity contribution in [2.75, 3.05) is 19.0 Å². The number of alkyl halides is 1. The van der Waals surface area contributed by atoms with Gasteiger partial charge in [0.15, 0.2) is 5.82 Å². The molecule has 3 rings (SSSR count). The Morgan fingerprint density at radius 3 is 2.85 bits per heavy atom. The molecule has 7 nitrogen and oxygen atoms in total. The standard InChI is InChI=1S/C18H24ClN5O2/c1-18(2,3)24-21-16(20-22-24)12-23(17(25)10-19)11-15-14-7-5-4-6-13(14)8-9-26-15/h4-7,15H,8-12H2,1-3H3. The number of aromatic nitrogens is 4. The van der Waals surface area contributed by atoms with E-state index in [0.717, 1.165) is 12.0 Å². The first kappa shape index (κ1) is 18.8. The Balaban J connectivity index is 1.77. The van der Waals surface area contributed by atoms with Gasteiger partial charge in [0, 0.05) is 0 Å². The minimum absolute atomic E-state index is 0.0955. The molecule has 0 radical (unpaired) electrons. The van der Waals surface area contributed by atoms with Gasteiger partial charge in [0.05, 0.1) is 25.2 Å². The number of fused-ring (bicyclic) bond motifs is 1. The highest BCUT2D eigenvalue weighted by atomic mass is 35.5. The van der Waals surface area contributed by atoms with E-state index in [1.54, 1.807) is 9.70 Å². The van der Waals surface area contributed by atoms with Crippen LogP contribution in [0.25, 0.3) is 0 Å². The predicted octanol–water partition coefficient (Wildman–Crippen LogP) is 2.31. The number of carbonyl (C=O) groups excluding carboxylic acids is 1. The van der Waals surface area contributed by atoms with Crippen molar-refractivity contribution in [3.8, 4) is 0 Å². The van der Waals surface area contributed by atoms with Crippen molar-refractivity contribution in [2.45, 2.75) is 45.4 Å². The molecule has 0 spiro atoms. The minimum Gasteiger partial charge on any atom is -0.371 e. The second-order valence-corrected chi connectivity index (χ2v) is 7.65. The van der Waals surface area contributed by atoms with Crippen molar-refractivity contribution >= 4 is 17.5 Å². The maximum atomic E-state index is 12.4. The van der Waals surface area contributed by atoms with Gasteiger partial charge in [-0.2, -0.15) is 4.80 Å². The molecule has 2 heterocycles. The summed E-state index contributed by atoms with van der Waals surface area (Å²) in [6.45, 7) is 7.28. The summed E-state index contributed by atoms with van der Waals surface area (Å²) >= 11 is 5.81. The molecule has 140 valence electrons. The molecule has 0 N–H and O–H groups in total. The number of benzene rings is 1. The number of hydrogen-bond acceptors (Lipinski definition) is 5. The van der Waals surface area contributed by atoms with Gasteiger partial charge in [-0.15, -0.1) is 21.8 Å². The smallest absolute Gasteiger partial charge is 0.238 e. The maximum absolute atomic E-state index is 12.4. The number of halogens is 1. The van der Waals surface area contributed by atoms with E-state index in [4.69, 9.17) is 16.3 Å². The Bertz CT molecular complexity index is 771. The van der Waals surface area contributed by atoms with Crippen LogP contribution in [-0.2, 0) is 28.0 Å². The van der Waals surface area contributed by atoms with E-state index in [9.17, 15) is 4.79 Å². The van der Waals surface area contributed by atoms with Gasteiger partial charge in [-0.05, 0) is 43.5 Å². The summed E-state index contributed by atoms with van der Waals surface area (Å²) in [4.78, 5) is 15.6. The number of amides is 1. The first-order valence-electron chi connectivity index (χ1n) is 8.71. The molecule has 0 aliphatic carbocycles. The zero-order chi connectivity index (χ0) is 18.7. The third-order valence-corrected chi connectivity index (χ3v) is 4.56. The second-order valence-electron chi connectivity index (χ2n) is 7.38. The summed E-state index contributed by atoms with van der Waals surface area (Å²) < 4.78 is 5.93. The van der Waals surface area contributed by atoms with Gasteiger partial charge in [0.2, 0.25) is 5.91 Å². The van der Waals surface area contributed by atoms with E-state index in [-0.39, 0.29) is 30.0 Å². The van der Waals surface area contributed by atoms with Crippen LogP contribution >= 0.6 is 11.6 Å². The van der Waals surface area contributed by atoms with Gasteiger partial charge in [0.25, 0.3) is 0 Å². The van der Waals surface area contributed by atoms with Crippen molar-refractivity contribution < 1.29 is 9.53 Å². The number of rotatable bonds is 5. The van der Waals surface area contributed by atoms with E-state index < -0.39 is 0 Å². The molecule has 0 bridgehead atoms. The lowest BCUT2D eigenvalue weighted by Gasteiger charge is -2.30. The van der Waals surface area contributed by atoms with Gasteiger partial charge >= 0.3 is 0 Å². The van der Waals surface area contributed by atoms with Crippen molar-refractivity contribution in [1.29, 1.82) is 0 Å².